The number of methoxy groups -OCH3 is 1. The minimum absolute atomic E-state index is 0.0115. The molecule has 0 spiro atoms. The molecule has 1 N–H and O–H groups in total. The lowest BCUT2D eigenvalue weighted by Gasteiger charge is -2.32. The van der Waals surface area contributed by atoms with Crippen LogP contribution >= 0.6 is 23.4 Å². The van der Waals surface area contributed by atoms with E-state index in [1.807, 2.05) is 54.6 Å². The normalized spacial score (nSPS) is 16.5. The minimum atomic E-state index is -0.0115. The lowest BCUT2D eigenvalue weighted by Crippen LogP contribution is -2.40. The van der Waals surface area contributed by atoms with E-state index in [2.05, 4.69) is 20.2 Å². The topological polar surface area (TPSA) is 67.3 Å². The van der Waals surface area contributed by atoms with Gasteiger partial charge in [-0.15, -0.1) is 0 Å². The molecular weight excluding hydrogens is 456 g/mol. The van der Waals surface area contributed by atoms with Gasteiger partial charge in [0.1, 0.15) is 6.61 Å². The number of likely N-dealkylation sites (tertiary alicyclic amines) is 1. The van der Waals surface area contributed by atoms with Crippen LogP contribution < -0.4 is 5.32 Å². The Bertz CT molecular complexity index is 1080. The molecule has 2 aromatic carbocycles. The Kier molecular flexibility index (Phi) is 8.34. The first-order chi connectivity index (χ1) is 16.1. The van der Waals surface area contributed by atoms with E-state index < -0.39 is 0 Å². The van der Waals surface area contributed by atoms with E-state index in [0.29, 0.717) is 24.0 Å². The summed E-state index contributed by atoms with van der Waals surface area (Å²) in [6, 6.07) is 17.5. The van der Waals surface area contributed by atoms with Crippen molar-refractivity contribution in [2.75, 3.05) is 32.1 Å². The molecule has 0 bridgehead atoms. The standard InChI is InChI=1S/C25H27ClN4O2S/c1-32-17-24-27-13-12-21(28-24)18-5-4-14-30(15-18)16-25(31)29-22-6-2-3-7-23(22)33-20-10-8-19(26)9-11-20/h2-3,6-13,18H,4-5,14-17H2,1H3,(H,29,31). The Morgan fingerprint density at radius 2 is 2.03 bits per heavy atom. The molecule has 8 heteroatoms. The summed E-state index contributed by atoms with van der Waals surface area (Å²) in [5.74, 6) is 0.972. The van der Waals surface area contributed by atoms with Gasteiger partial charge in [0.2, 0.25) is 5.91 Å². The van der Waals surface area contributed by atoms with E-state index in [-0.39, 0.29) is 11.8 Å². The Morgan fingerprint density at radius 1 is 1.21 bits per heavy atom. The summed E-state index contributed by atoms with van der Waals surface area (Å²) in [5, 5.41) is 3.81. The van der Waals surface area contributed by atoms with Gasteiger partial charge in [0.25, 0.3) is 0 Å². The maximum absolute atomic E-state index is 12.9. The molecule has 1 unspecified atom stereocenters. The minimum Gasteiger partial charge on any atom is -0.377 e. The largest absolute Gasteiger partial charge is 0.377 e. The van der Waals surface area contributed by atoms with Crippen LogP contribution in [0.25, 0.3) is 0 Å². The first kappa shape index (κ1) is 23.7. The Balaban J connectivity index is 1.37. The number of amides is 1. The molecular formula is C25H27ClN4O2S. The molecule has 33 heavy (non-hydrogen) atoms. The van der Waals surface area contributed by atoms with Crippen molar-refractivity contribution in [1.82, 2.24) is 14.9 Å². The number of nitrogens with one attached hydrogen (secondary N) is 1. The summed E-state index contributed by atoms with van der Waals surface area (Å²) in [7, 11) is 1.64. The third-order valence-corrected chi connectivity index (χ3v) is 6.83. The van der Waals surface area contributed by atoms with Crippen molar-refractivity contribution in [3.05, 3.63) is 77.3 Å². The van der Waals surface area contributed by atoms with Crippen molar-refractivity contribution < 1.29 is 9.53 Å². The van der Waals surface area contributed by atoms with E-state index in [0.717, 1.165) is 47.1 Å². The van der Waals surface area contributed by atoms with Gasteiger partial charge >= 0.3 is 0 Å². The fraction of sp³-hybridized carbons (Fsp3) is 0.320. The van der Waals surface area contributed by atoms with Gasteiger partial charge in [-0.25, -0.2) is 9.97 Å². The Morgan fingerprint density at radius 3 is 2.85 bits per heavy atom. The molecule has 0 radical (unpaired) electrons. The highest BCUT2D eigenvalue weighted by molar-refractivity contribution is 7.99. The monoisotopic (exact) mass is 482 g/mol. The van der Waals surface area contributed by atoms with Crippen molar-refractivity contribution in [3.8, 4) is 0 Å². The molecule has 2 heterocycles. The summed E-state index contributed by atoms with van der Waals surface area (Å²) in [5.41, 5.74) is 1.84. The van der Waals surface area contributed by atoms with Crippen LogP contribution in [-0.4, -0.2) is 47.5 Å². The second-order valence-electron chi connectivity index (χ2n) is 8.01. The lowest BCUT2D eigenvalue weighted by molar-refractivity contribution is -0.117. The summed E-state index contributed by atoms with van der Waals surface area (Å²) in [6.07, 6.45) is 3.88. The number of hydrogen-bond acceptors (Lipinski definition) is 6. The van der Waals surface area contributed by atoms with E-state index in [1.165, 1.54) is 0 Å². The Labute approximate surface area is 203 Å². The van der Waals surface area contributed by atoms with Gasteiger partial charge in [-0.2, -0.15) is 0 Å². The zero-order chi connectivity index (χ0) is 23.0. The van der Waals surface area contributed by atoms with Gasteiger partial charge in [0.15, 0.2) is 5.82 Å². The number of halogens is 1. The van der Waals surface area contributed by atoms with E-state index in [4.69, 9.17) is 16.3 Å². The van der Waals surface area contributed by atoms with Gasteiger partial charge in [-0.05, 0) is 61.9 Å². The molecule has 1 aromatic heterocycles. The highest BCUT2D eigenvalue weighted by Crippen LogP contribution is 2.34. The third kappa shape index (κ3) is 6.77. The molecule has 0 aliphatic carbocycles. The lowest BCUT2D eigenvalue weighted by atomic mass is 9.94. The second kappa shape index (κ2) is 11.6. The van der Waals surface area contributed by atoms with Crippen LogP contribution in [0.15, 0.2) is 70.6 Å². The summed E-state index contributed by atoms with van der Waals surface area (Å²) in [6.45, 7) is 2.46. The van der Waals surface area contributed by atoms with Crippen molar-refractivity contribution in [1.29, 1.82) is 0 Å². The second-order valence-corrected chi connectivity index (χ2v) is 9.56. The van der Waals surface area contributed by atoms with Crippen LogP contribution in [0.3, 0.4) is 0 Å². The molecule has 1 aliphatic heterocycles. The number of carbonyl (C=O) groups is 1. The van der Waals surface area contributed by atoms with E-state index in [1.54, 1.807) is 25.1 Å². The van der Waals surface area contributed by atoms with Crippen LogP contribution in [0.5, 0.6) is 0 Å². The maximum Gasteiger partial charge on any atom is 0.238 e. The van der Waals surface area contributed by atoms with Gasteiger partial charge in [0.05, 0.1) is 12.2 Å². The molecule has 1 saturated heterocycles. The molecule has 6 nitrogen and oxygen atoms in total. The molecule has 3 aromatic rings. The van der Waals surface area contributed by atoms with Crippen LogP contribution in [-0.2, 0) is 16.1 Å². The molecule has 0 saturated carbocycles. The predicted molar refractivity (Wildman–Crippen MR) is 132 cm³/mol. The van der Waals surface area contributed by atoms with Crippen molar-refractivity contribution in [2.45, 2.75) is 35.2 Å². The molecule has 1 amide bonds. The Hall–Kier alpha value is -2.45. The zero-order valence-electron chi connectivity index (χ0n) is 18.5. The van der Waals surface area contributed by atoms with Crippen LogP contribution in [0, 0.1) is 0 Å². The number of nitrogens with zero attached hydrogens (tertiary/aromatic N) is 3. The predicted octanol–water partition coefficient (Wildman–Crippen LogP) is 5.25. The average molecular weight is 483 g/mol. The smallest absolute Gasteiger partial charge is 0.238 e. The van der Waals surface area contributed by atoms with Gasteiger partial charge in [-0.1, -0.05) is 35.5 Å². The van der Waals surface area contributed by atoms with Crippen molar-refractivity contribution >= 4 is 35.0 Å². The third-order valence-electron chi connectivity index (χ3n) is 5.49. The summed E-state index contributed by atoms with van der Waals surface area (Å²) >= 11 is 7.60. The van der Waals surface area contributed by atoms with E-state index in [9.17, 15) is 4.79 Å². The number of benzene rings is 2. The number of rotatable bonds is 8. The fourth-order valence-corrected chi connectivity index (χ4v) is 4.99. The highest BCUT2D eigenvalue weighted by atomic mass is 35.5. The number of para-hydroxylation sites is 1. The number of ether oxygens (including phenoxy) is 1. The zero-order valence-corrected chi connectivity index (χ0v) is 20.1. The van der Waals surface area contributed by atoms with Gasteiger partial charge in [0, 0.05) is 46.3 Å². The summed E-state index contributed by atoms with van der Waals surface area (Å²) in [4.78, 5) is 26.1. The van der Waals surface area contributed by atoms with Crippen LogP contribution in [0.4, 0.5) is 5.69 Å². The maximum atomic E-state index is 12.9. The van der Waals surface area contributed by atoms with Crippen LogP contribution in [0.2, 0.25) is 5.02 Å². The average Bonchev–Trinajstić information content (AvgIpc) is 2.82. The van der Waals surface area contributed by atoms with Crippen molar-refractivity contribution in [2.24, 2.45) is 0 Å². The molecule has 1 fully saturated rings. The molecule has 4 rings (SSSR count). The number of aromatic nitrogens is 2. The summed E-state index contributed by atoms with van der Waals surface area (Å²) < 4.78 is 5.16. The van der Waals surface area contributed by atoms with Crippen molar-refractivity contribution in [3.63, 3.8) is 0 Å². The van der Waals surface area contributed by atoms with Gasteiger partial charge in [-0.3, -0.25) is 9.69 Å². The first-order valence-electron chi connectivity index (χ1n) is 11.0. The molecule has 172 valence electrons. The van der Waals surface area contributed by atoms with E-state index >= 15 is 0 Å². The quantitative estimate of drug-likeness (QED) is 0.473. The van der Waals surface area contributed by atoms with Gasteiger partial charge < -0.3 is 10.1 Å². The number of anilines is 1. The SMILES string of the molecule is COCc1nccc(C2CCCN(CC(=O)Nc3ccccc3Sc3ccc(Cl)cc3)C2)n1. The molecule has 1 aliphatic rings. The number of hydrogen-bond donors (Lipinski definition) is 1. The number of carbonyl (C=O) groups excluding carboxylic acids is 1. The first-order valence-corrected chi connectivity index (χ1v) is 12.2. The number of piperidine rings is 1. The highest BCUT2D eigenvalue weighted by Gasteiger charge is 2.24. The fourth-order valence-electron chi connectivity index (χ4n) is 3.96. The van der Waals surface area contributed by atoms with Crippen LogP contribution in [0.1, 0.15) is 30.3 Å². The molecule has 1 atom stereocenters.